The van der Waals surface area contributed by atoms with E-state index in [2.05, 4.69) is 15.5 Å². The summed E-state index contributed by atoms with van der Waals surface area (Å²) in [6, 6.07) is 5.78. The number of unbranched alkanes of at least 4 members (excludes halogenated alkanes) is 1. The highest BCUT2D eigenvalue weighted by Crippen LogP contribution is 2.23. The maximum Gasteiger partial charge on any atom is 0.267 e. The van der Waals surface area contributed by atoms with Crippen molar-refractivity contribution in [1.82, 2.24) is 10.2 Å². The predicted molar refractivity (Wildman–Crippen MR) is 96.6 cm³/mol. The number of sulfone groups is 1. The number of benzene rings is 1. The molecule has 0 bridgehead atoms. The molecule has 1 atom stereocenters. The summed E-state index contributed by atoms with van der Waals surface area (Å²) in [5.74, 6) is -1.17. The van der Waals surface area contributed by atoms with Gasteiger partial charge in [-0.25, -0.2) is 12.8 Å². The van der Waals surface area contributed by atoms with Gasteiger partial charge in [0.05, 0.1) is 5.75 Å². The zero-order valence-electron chi connectivity index (χ0n) is 14.4. The van der Waals surface area contributed by atoms with E-state index in [9.17, 15) is 17.6 Å². The summed E-state index contributed by atoms with van der Waals surface area (Å²) in [7, 11) is -3.50. The van der Waals surface area contributed by atoms with Crippen LogP contribution in [0.1, 0.15) is 33.1 Å². The SMILES string of the molecule is CCCCS(=O)(=O)c1nnc(NC(=O)[C@H](CC)Oc2ccccc2F)s1. The van der Waals surface area contributed by atoms with E-state index >= 15 is 0 Å². The van der Waals surface area contributed by atoms with Crippen LogP contribution in [0.2, 0.25) is 0 Å². The van der Waals surface area contributed by atoms with Gasteiger partial charge in [-0.2, -0.15) is 0 Å². The number of para-hydroxylation sites is 1. The average molecular weight is 401 g/mol. The number of nitrogens with zero attached hydrogens (tertiary/aromatic N) is 2. The van der Waals surface area contributed by atoms with Crippen LogP contribution in [0.3, 0.4) is 0 Å². The van der Waals surface area contributed by atoms with Crippen molar-refractivity contribution >= 4 is 32.2 Å². The molecule has 0 saturated carbocycles. The minimum absolute atomic E-state index is 0.0138. The summed E-state index contributed by atoms with van der Waals surface area (Å²) in [5, 5.41) is 9.87. The van der Waals surface area contributed by atoms with Gasteiger partial charge in [0.15, 0.2) is 17.7 Å². The fraction of sp³-hybridized carbons (Fsp3) is 0.438. The molecule has 2 rings (SSSR count). The van der Waals surface area contributed by atoms with Crippen molar-refractivity contribution in [2.24, 2.45) is 0 Å². The Morgan fingerprint density at radius 3 is 2.69 bits per heavy atom. The molecule has 0 unspecified atom stereocenters. The molecule has 0 aliphatic heterocycles. The molecule has 7 nitrogen and oxygen atoms in total. The van der Waals surface area contributed by atoms with Gasteiger partial charge in [0, 0.05) is 0 Å². The van der Waals surface area contributed by atoms with Gasteiger partial charge in [0.1, 0.15) is 0 Å². The molecule has 1 aromatic carbocycles. The lowest BCUT2D eigenvalue weighted by atomic mass is 10.2. The van der Waals surface area contributed by atoms with Gasteiger partial charge >= 0.3 is 0 Å². The molecular weight excluding hydrogens is 381 g/mol. The molecule has 2 aromatic rings. The standard InChI is InChI=1S/C16H20FN3O4S2/c1-3-5-10-26(22,23)16-20-19-15(25-16)18-14(21)12(4-2)24-13-9-7-6-8-11(13)17/h6-9,12H,3-5,10H2,1-2H3,(H,18,19,21)/t12-/m0/s1. The Kier molecular flexibility index (Phi) is 7.04. The van der Waals surface area contributed by atoms with Crippen LogP contribution in [0, 0.1) is 5.82 Å². The maximum absolute atomic E-state index is 13.7. The number of carbonyl (C=O) groups is 1. The second-order valence-corrected chi connectivity index (χ2v) is 8.74. The van der Waals surface area contributed by atoms with E-state index in [0.717, 1.165) is 17.8 Å². The number of hydrogen-bond donors (Lipinski definition) is 1. The van der Waals surface area contributed by atoms with E-state index in [4.69, 9.17) is 4.74 Å². The third-order valence-corrected chi connectivity index (χ3v) is 6.52. The van der Waals surface area contributed by atoms with Gasteiger partial charge in [-0.1, -0.05) is 43.7 Å². The summed E-state index contributed by atoms with van der Waals surface area (Å²) in [6.07, 6.45) is 0.613. The lowest BCUT2D eigenvalue weighted by molar-refractivity contribution is -0.122. The maximum atomic E-state index is 13.7. The first-order valence-corrected chi connectivity index (χ1v) is 10.6. The quantitative estimate of drug-likeness (QED) is 0.649. The molecule has 0 saturated heterocycles. The van der Waals surface area contributed by atoms with Crippen molar-refractivity contribution in [3.8, 4) is 5.75 Å². The molecular formula is C16H20FN3O4S2. The summed E-state index contributed by atoms with van der Waals surface area (Å²) in [4.78, 5) is 12.3. The number of halogens is 1. The highest BCUT2D eigenvalue weighted by atomic mass is 32.2. The van der Waals surface area contributed by atoms with E-state index < -0.39 is 27.7 Å². The first-order chi connectivity index (χ1) is 12.4. The number of hydrogen-bond acceptors (Lipinski definition) is 7. The number of aromatic nitrogens is 2. The Morgan fingerprint density at radius 2 is 2.04 bits per heavy atom. The highest BCUT2D eigenvalue weighted by Gasteiger charge is 2.24. The van der Waals surface area contributed by atoms with Crippen LogP contribution in [-0.2, 0) is 14.6 Å². The second-order valence-electron chi connectivity index (χ2n) is 5.48. The van der Waals surface area contributed by atoms with E-state index in [1.807, 2.05) is 6.92 Å². The van der Waals surface area contributed by atoms with Crippen molar-refractivity contribution in [3.05, 3.63) is 30.1 Å². The zero-order chi connectivity index (χ0) is 19.2. The minimum atomic E-state index is -3.50. The fourth-order valence-electron chi connectivity index (χ4n) is 2.01. The smallest absolute Gasteiger partial charge is 0.267 e. The lowest BCUT2D eigenvalue weighted by Crippen LogP contribution is -2.32. The summed E-state index contributed by atoms with van der Waals surface area (Å²) in [5.41, 5.74) is 0. The first-order valence-electron chi connectivity index (χ1n) is 8.15. The third-order valence-electron chi connectivity index (χ3n) is 3.44. The summed E-state index contributed by atoms with van der Waals surface area (Å²) in [6.45, 7) is 3.60. The number of anilines is 1. The van der Waals surface area contributed by atoms with Crippen molar-refractivity contribution < 1.29 is 22.3 Å². The first kappa shape index (κ1) is 20.2. The molecule has 0 aliphatic carbocycles. The Labute approximate surface area is 155 Å². The molecule has 1 heterocycles. The normalized spacial score (nSPS) is 12.6. The van der Waals surface area contributed by atoms with Gasteiger partial charge in [0.2, 0.25) is 19.3 Å². The molecule has 142 valence electrons. The van der Waals surface area contributed by atoms with Crippen molar-refractivity contribution in [3.63, 3.8) is 0 Å². The molecule has 1 amide bonds. The van der Waals surface area contributed by atoms with Gasteiger partial charge in [0.25, 0.3) is 5.91 Å². The number of nitrogens with one attached hydrogen (secondary N) is 1. The van der Waals surface area contributed by atoms with E-state index in [1.165, 1.54) is 18.2 Å². The lowest BCUT2D eigenvalue weighted by Gasteiger charge is -2.16. The van der Waals surface area contributed by atoms with Gasteiger partial charge in [-0.15, -0.1) is 10.2 Å². The summed E-state index contributed by atoms with van der Waals surface area (Å²) >= 11 is 0.784. The molecule has 0 spiro atoms. The van der Waals surface area contributed by atoms with E-state index in [-0.39, 0.29) is 21.0 Å². The number of carbonyl (C=O) groups excluding carboxylic acids is 1. The fourth-order valence-corrected chi connectivity index (χ4v) is 4.49. The van der Waals surface area contributed by atoms with Crippen molar-refractivity contribution in [2.45, 2.75) is 43.6 Å². The minimum Gasteiger partial charge on any atom is -0.478 e. The van der Waals surface area contributed by atoms with E-state index in [0.29, 0.717) is 12.8 Å². The average Bonchev–Trinajstić information content (AvgIpc) is 3.08. The number of rotatable bonds is 9. The molecule has 1 N–H and O–H groups in total. The van der Waals surface area contributed by atoms with E-state index in [1.54, 1.807) is 13.0 Å². The van der Waals surface area contributed by atoms with Gasteiger partial charge in [-0.05, 0) is 25.0 Å². The third kappa shape index (κ3) is 5.21. The monoisotopic (exact) mass is 401 g/mol. The van der Waals surface area contributed by atoms with Crippen LogP contribution in [0.25, 0.3) is 0 Å². The molecule has 26 heavy (non-hydrogen) atoms. The second kappa shape index (κ2) is 9.04. The van der Waals surface area contributed by atoms with Gasteiger partial charge < -0.3 is 4.74 Å². The molecule has 1 aromatic heterocycles. The van der Waals surface area contributed by atoms with Crippen molar-refractivity contribution in [2.75, 3.05) is 11.1 Å². The van der Waals surface area contributed by atoms with Gasteiger partial charge in [-0.3, -0.25) is 10.1 Å². The Balaban J connectivity index is 2.05. The summed E-state index contributed by atoms with van der Waals surface area (Å²) < 4.78 is 43.1. The van der Waals surface area contributed by atoms with Crippen LogP contribution in [-0.4, -0.2) is 36.4 Å². The van der Waals surface area contributed by atoms with Crippen molar-refractivity contribution in [1.29, 1.82) is 0 Å². The molecule has 0 fully saturated rings. The highest BCUT2D eigenvalue weighted by molar-refractivity contribution is 7.93. The molecule has 0 radical (unpaired) electrons. The van der Waals surface area contributed by atoms with Crippen LogP contribution >= 0.6 is 11.3 Å². The number of ether oxygens (including phenoxy) is 1. The zero-order valence-corrected chi connectivity index (χ0v) is 16.1. The predicted octanol–water partition coefficient (Wildman–Crippen LogP) is 3.05. The number of amides is 1. The largest absolute Gasteiger partial charge is 0.478 e. The topological polar surface area (TPSA) is 98.3 Å². The Hall–Kier alpha value is -2.07. The Bertz CT molecular complexity index is 855. The van der Waals surface area contributed by atoms with Crippen LogP contribution < -0.4 is 10.1 Å². The molecule has 10 heteroatoms. The van der Waals surface area contributed by atoms with Crippen LogP contribution in [0.5, 0.6) is 5.75 Å². The van der Waals surface area contributed by atoms with Crippen LogP contribution in [0.4, 0.5) is 9.52 Å². The molecule has 0 aliphatic rings. The van der Waals surface area contributed by atoms with Crippen LogP contribution in [0.15, 0.2) is 28.6 Å². The Morgan fingerprint density at radius 1 is 1.31 bits per heavy atom.